The highest BCUT2D eigenvalue weighted by Gasteiger charge is 2.09. The van der Waals surface area contributed by atoms with E-state index in [2.05, 4.69) is 5.32 Å². The fourth-order valence-electron chi connectivity index (χ4n) is 1.32. The van der Waals surface area contributed by atoms with Crippen molar-refractivity contribution in [1.82, 2.24) is 0 Å². The van der Waals surface area contributed by atoms with Crippen molar-refractivity contribution in [3.63, 3.8) is 0 Å². The van der Waals surface area contributed by atoms with Crippen LogP contribution < -0.4 is 16.2 Å². The first-order valence-electron chi connectivity index (χ1n) is 5.22. The lowest BCUT2D eigenvalue weighted by atomic mass is 10.2. The summed E-state index contributed by atoms with van der Waals surface area (Å²) < 4.78 is 22.3. The molecule has 1 aromatic rings. The zero-order chi connectivity index (χ0) is 12.9. The van der Waals surface area contributed by atoms with Gasteiger partial charge in [0.1, 0.15) is 0 Å². The van der Waals surface area contributed by atoms with Gasteiger partial charge >= 0.3 is 0 Å². The van der Waals surface area contributed by atoms with Crippen LogP contribution >= 0.6 is 0 Å². The monoisotopic (exact) mass is 255 g/mol. The van der Waals surface area contributed by atoms with E-state index in [-0.39, 0.29) is 4.90 Å². The Labute approximate surface area is 102 Å². The zero-order valence-electron chi connectivity index (χ0n) is 9.68. The fraction of sp³-hybridized carbons (Fsp3) is 0.273. The number of anilines is 2. The molecule has 0 fully saturated rings. The van der Waals surface area contributed by atoms with Crippen LogP contribution in [0.4, 0.5) is 11.4 Å². The van der Waals surface area contributed by atoms with Crippen molar-refractivity contribution in [3.05, 3.63) is 30.4 Å². The molecule has 0 aliphatic heterocycles. The first-order valence-corrected chi connectivity index (χ1v) is 6.77. The normalized spacial score (nSPS) is 11.9. The summed E-state index contributed by atoms with van der Waals surface area (Å²) in [5.74, 6) is 0. The van der Waals surface area contributed by atoms with E-state index in [1.54, 1.807) is 0 Å². The molecular weight excluding hydrogens is 238 g/mol. The number of nitrogens with two attached hydrogens (primary N) is 2. The first-order chi connectivity index (χ1) is 7.95. The molecule has 1 aromatic carbocycles. The molecule has 94 valence electrons. The van der Waals surface area contributed by atoms with Crippen LogP contribution in [0.1, 0.15) is 13.3 Å². The van der Waals surface area contributed by atoms with Gasteiger partial charge in [-0.1, -0.05) is 12.2 Å². The van der Waals surface area contributed by atoms with Crippen molar-refractivity contribution < 1.29 is 8.42 Å². The Balaban J connectivity index is 2.84. The minimum Gasteiger partial charge on any atom is -0.397 e. The lowest BCUT2D eigenvalue weighted by Crippen LogP contribution is -2.13. The van der Waals surface area contributed by atoms with Gasteiger partial charge in [0.05, 0.1) is 16.3 Å². The molecule has 0 radical (unpaired) electrons. The van der Waals surface area contributed by atoms with Crippen molar-refractivity contribution in [2.45, 2.75) is 18.2 Å². The second-order valence-corrected chi connectivity index (χ2v) is 5.14. The summed E-state index contributed by atoms with van der Waals surface area (Å²) in [4.78, 5) is 0.0558. The van der Waals surface area contributed by atoms with Crippen molar-refractivity contribution >= 4 is 21.4 Å². The average molecular weight is 255 g/mol. The maximum absolute atomic E-state index is 11.2. The van der Waals surface area contributed by atoms with Crippen LogP contribution in [0, 0.1) is 0 Å². The molecule has 6 heteroatoms. The molecule has 5 N–H and O–H groups in total. The SMILES string of the molecule is C/C=C/CCNc1cc(S(N)(=O)=O)ccc1N. The first kappa shape index (κ1) is 13.5. The molecule has 1 rings (SSSR count). The van der Waals surface area contributed by atoms with E-state index in [1.165, 1.54) is 18.2 Å². The Kier molecular flexibility index (Phi) is 4.53. The van der Waals surface area contributed by atoms with E-state index in [1.807, 2.05) is 19.1 Å². The maximum Gasteiger partial charge on any atom is 0.238 e. The third-order valence-corrected chi connectivity index (χ3v) is 3.13. The highest BCUT2D eigenvalue weighted by Crippen LogP contribution is 2.21. The number of rotatable bonds is 5. The second kappa shape index (κ2) is 5.70. The Hall–Kier alpha value is -1.53. The van der Waals surface area contributed by atoms with Gasteiger partial charge in [0.15, 0.2) is 0 Å². The molecule has 0 heterocycles. The van der Waals surface area contributed by atoms with Gasteiger partial charge in [-0.05, 0) is 31.5 Å². The number of benzene rings is 1. The topological polar surface area (TPSA) is 98.2 Å². The minimum absolute atomic E-state index is 0.0558. The van der Waals surface area contributed by atoms with Gasteiger partial charge in [0.25, 0.3) is 0 Å². The quantitative estimate of drug-likeness (QED) is 0.419. The second-order valence-electron chi connectivity index (χ2n) is 3.58. The largest absolute Gasteiger partial charge is 0.397 e. The summed E-state index contributed by atoms with van der Waals surface area (Å²) >= 11 is 0. The third kappa shape index (κ3) is 4.08. The molecule has 0 atom stereocenters. The van der Waals surface area contributed by atoms with Crippen LogP contribution in [0.25, 0.3) is 0 Å². The molecule has 0 amide bonds. The van der Waals surface area contributed by atoms with Gasteiger partial charge in [-0.3, -0.25) is 0 Å². The van der Waals surface area contributed by atoms with Gasteiger partial charge in [-0.25, -0.2) is 13.6 Å². The Morgan fingerprint density at radius 3 is 2.71 bits per heavy atom. The van der Waals surface area contributed by atoms with Crippen LogP contribution in [-0.4, -0.2) is 15.0 Å². The van der Waals surface area contributed by atoms with E-state index in [4.69, 9.17) is 10.9 Å². The zero-order valence-corrected chi connectivity index (χ0v) is 10.5. The van der Waals surface area contributed by atoms with Gasteiger partial charge in [0.2, 0.25) is 10.0 Å². The molecule has 17 heavy (non-hydrogen) atoms. The number of hydrogen-bond donors (Lipinski definition) is 3. The lowest BCUT2D eigenvalue weighted by Gasteiger charge is -2.09. The molecule has 0 saturated heterocycles. The standard InChI is InChI=1S/C11H17N3O2S/c1-2-3-4-7-14-11-8-9(17(13,15)16)5-6-10(11)12/h2-3,5-6,8,14H,4,7,12H2,1H3,(H2,13,15,16)/b3-2+. The molecular formula is C11H17N3O2S. The van der Waals surface area contributed by atoms with Crippen LogP contribution in [0.5, 0.6) is 0 Å². The Morgan fingerprint density at radius 2 is 2.12 bits per heavy atom. The lowest BCUT2D eigenvalue weighted by molar-refractivity contribution is 0.598. The average Bonchev–Trinajstić information content (AvgIpc) is 2.25. The van der Waals surface area contributed by atoms with E-state index >= 15 is 0 Å². The van der Waals surface area contributed by atoms with Crippen LogP contribution in [0.2, 0.25) is 0 Å². The summed E-state index contributed by atoms with van der Waals surface area (Å²) in [7, 11) is -3.69. The number of hydrogen-bond acceptors (Lipinski definition) is 4. The van der Waals surface area contributed by atoms with Gasteiger partial charge in [0, 0.05) is 6.54 Å². The smallest absolute Gasteiger partial charge is 0.238 e. The molecule has 0 aromatic heterocycles. The van der Waals surface area contributed by atoms with Crippen molar-refractivity contribution in [3.8, 4) is 0 Å². The van der Waals surface area contributed by atoms with Crippen molar-refractivity contribution in [1.29, 1.82) is 0 Å². The Morgan fingerprint density at radius 1 is 1.41 bits per heavy atom. The van der Waals surface area contributed by atoms with Gasteiger partial charge in [-0.15, -0.1) is 0 Å². The number of primary sulfonamides is 1. The van der Waals surface area contributed by atoms with E-state index in [9.17, 15) is 8.42 Å². The summed E-state index contributed by atoms with van der Waals surface area (Å²) in [5, 5.41) is 8.11. The van der Waals surface area contributed by atoms with Crippen LogP contribution in [0.15, 0.2) is 35.2 Å². The predicted octanol–water partition coefficient (Wildman–Crippen LogP) is 1.29. The predicted molar refractivity (Wildman–Crippen MR) is 70.1 cm³/mol. The maximum atomic E-state index is 11.2. The van der Waals surface area contributed by atoms with Crippen molar-refractivity contribution in [2.75, 3.05) is 17.6 Å². The Bertz CT molecular complexity index is 509. The fourth-order valence-corrected chi connectivity index (χ4v) is 1.86. The molecule has 0 unspecified atom stereocenters. The van der Waals surface area contributed by atoms with E-state index < -0.39 is 10.0 Å². The number of sulfonamides is 1. The number of allylic oxidation sites excluding steroid dienone is 1. The minimum atomic E-state index is -3.69. The van der Waals surface area contributed by atoms with Crippen LogP contribution in [-0.2, 0) is 10.0 Å². The van der Waals surface area contributed by atoms with Gasteiger partial charge < -0.3 is 11.1 Å². The number of nitrogen functional groups attached to an aromatic ring is 1. The molecule has 5 nitrogen and oxygen atoms in total. The molecule has 0 spiro atoms. The summed E-state index contributed by atoms with van der Waals surface area (Å²) in [6.07, 6.45) is 4.80. The van der Waals surface area contributed by atoms with Crippen molar-refractivity contribution in [2.24, 2.45) is 5.14 Å². The van der Waals surface area contributed by atoms with E-state index in [0.717, 1.165) is 6.42 Å². The summed E-state index contributed by atoms with van der Waals surface area (Å²) in [6, 6.07) is 4.36. The highest BCUT2D eigenvalue weighted by molar-refractivity contribution is 7.89. The third-order valence-electron chi connectivity index (χ3n) is 2.22. The van der Waals surface area contributed by atoms with E-state index in [0.29, 0.717) is 17.9 Å². The molecule has 0 bridgehead atoms. The van der Waals surface area contributed by atoms with Gasteiger partial charge in [-0.2, -0.15) is 0 Å². The van der Waals surface area contributed by atoms with Crippen LogP contribution in [0.3, 0.4) is 0 Å². The molecule has 0 aliphatic carbocycles. The summed E-state index contributed by atoms with van der Waals surface area (Å²) in [6.45, 7) is 2.62. The molecule has 0 aliphatic rings. The highest BCUT2D eigenvalue weighted by atomic mass is 32.2. The molecule has 0 saturated carbocycles. The summed E-state index contributed by atoms with van der Waals surface area (Å²) in [5.41, 5.74) is 6.81. The number of nitrogens with one attached hydrogen (secondary N) is 1.